The van der Waals surface area contributed by atoms with Gasteiger partial charge < -0.3 is 10.1 Å². The van der Waals surface area contributed by atoms with Gasteiger partial charge in [-0.05, 0) is 54.9 Å². The summed E-state index contributed by atoms with van der Waals surface area (Å²) in [6.45, 7) is 4.31. The summed E-state index contributed by atoms with van der Waals surface area (Å²) in [5.41, 5.74) is 3.19. The summed E-state index contributed by atoms with van der Waals surface area (Å²) in [7, 11) is 1.28. The average Bonchev–Trinajstić information content (AvgIpc) is 2.67. The van der Waals surface area contributed by atoms with E-state index in [1.54, 1.807) is 6.08 Å². The van der Waals surface area contributed by atoms with Gasteiger partial charge in [0.1, 0.15) is 0 Å². The fraction of sp³-hybridized carbons (Fsp3) is 0.350. The van der Waals surface area contributed by atoms with Crippen molar-refractivity contribution in [2.24, 2.45) is 0 Å². The molecule has 0 aromatic heterocycles. The molecule has 0 fully saturated rings. The molecule has 1 aromatic rings. The minimum Gasteiger partial charge on any atom is -0.453 e. The Balaban J connectivity index is 2.40. The van der Waals surface area contributed by atoms with Gasteiger partial charge in [0.15, 0.2) is 5.11 Å². The van der Waals surface area contributed by atoms with Crippen LogP contribution in [0.1, 0.15) is 25.8 Å². The van der Waals surface area contributed by atoms with Crippen LogP contribution in [0.5, 0.6) is 0 Å². The number of hydrogen-bond donors (Lipinski definition) is 3. The summed E-state index contributed by atoms with van der Waals surface area (Å²) in [5.74, 6) is 1.00. The maximum atomic E-state index is 11.4. The predicted octanol–water partition coefficient (Wildman–Crippen LogP) is 4.21. The van der Waals surface area contributed by atoms with E-state index < -0.39 is 6.09 Å². The van der Waals surface area contributed by atoms with Crippen LogP contribution in [-0.4, -0.2) is 34.5 Å². The van der Waals surface area contributed by atoms with Gasteiger partial charge in [-0.3, -0.25) is 10.7 Å². The number of nitrogens with one attached hydrogen (secondary N) is 3. The second kappa shape index (κ2) is 9.71. The lowest BCUT2D eigenvalue weighted by Gasteiger charge is -2.35. The molecule has 0 saturated heterocycles. The molecule has 1 atom stereocenters. The number of ether oxygens (including phenoxy) is 1. The maximum absolute atomic E-state index is 11.4. The third-order valence-electron chi connectivity index (χ3n) is 4.21. The number of thioether (sulfide) groups is 1. The first-order chi connectivity index (χ1) is 12.9. The van der Waals surface area contributed by atoms with Crippen LogP contribution in [-0.2, 0) is 11.2 Å². The highest BCUT2D eigenvalue weighted by Crippen LogP contribution is 2.40. The summed E-state index contributed by atoms with van der Waals surface area (Å²) >= 11 is 7.07. The first-order valence-electron chi connectivity index (χ1n) is 8.75. The van der Waals surface area contributed by atoms with E-state index >= 15 is 0 Å². The van der Waals surface area contributed by atoms with Crippen molar-refractivity contribution in [2.75, 3.05) is 12.9 Å². The first kappa shape index (κ1) is 21.2. The number of benzene rings is 1. The lowest BCUT2D eigenvalue weighted by Crippen LogP contribution is -2.43. The third-order valence-corrected chi connectivity index (χ3v) is 6.01. The van der Waals surface area contributed by atoms with Gasteiger partial charge in [-0.25, -0.2) is 4.79 Å². The Hall–Kier alpha value is -2.12. The molecule has 0 spiro atoms. The van der Waals surface area contributed by atoms with Crippen molar-refractivity contribution >= 4 is 40.9 Å². The molecule has 0 heterocycles. The van der Waals surface area contributed by atoms with Gasteiger partial charge in [-0.1, -0.05) is 43.3 Å². The van der Waals surface area contributed by atoms with Crippen molar-refractivity contribution in [3.05, 3.63) is 59.3 Å². The van der Waals surface area contributed by atoms with Crippen LogP contribution < -0.4 is 10.6 Å². The molecule has 1 aliphatic rings. The molecule has 1 aliphatic carbocycles. The van der Waals surface area contributed by atoms with E-state index in [1.165, 1.54) is 7.11 Å². The Bertz CT molecular complexity index is 775. The number of thiocarbonyl (C=S) groups is 1. The van der Waals surface area contributed by atoms with Crippen LogP contribution in [0.25, 0.3) is 0 Å². The van der Waals surface area contributed by atoms with Crippen LogP contribution in [0.15, 0.2) is 53.8 Å². The van der Waals surface area contributed by atoms with Gasteiger partial charge in [0, 0.05) is 0 Å². The highest BCUT2D eigenvalue weighted by atomic mass is 32.2. The Morgan fingerprint density at radius 3 is 2.67 bits per heavy atom. The Labute approximate surface area is 170 Å². The monoisotopic (exact) mass is 403 g/mol. The van der Waals surface area contributed by atoms with Crippen molar-refractivity contribution in [2.45, 2.75) is 31.4 Å². The molecule has 1 aromatic carbocycles. The second-order valence-electron chi connectivity index (χ2n) is 6.29. The lowest BCUT2D eigenvalue weighted by atomic mass is 9.86. The molecule has 7 heteroatoms. The lowest BCUT2D eigenvalue weighted by molar-refractivity contribution is 0.177. The number of methoxy groups -OCH3 is 1. The van der Waals surface area contributed by atoms with E-state index in [9.17, 15) is 4.79 Å². The van der Waals surface area contributed by atoms with Gasteiger partial charge in [-0.15, -0.1) is 11.8 Å². The minimum atomic E-state index is -0.640. The summed E-state index contributed by atoms with van der Waals surface area (Å²) in [6.07, 6.45) is 4.98. The molecule has 3 N–H and O–H groups in total. The van der Waals surface area contributed by atoms with E-state index in [0.29, 0.717) is 17.8 Å². The predicted molar refractivity (Wildman–Crippen MR) is 116 cm³/mol. The fourth-order valence-corrected chi connectivity index (χ4v) is 4.11. The van der Waals surface area contributed by atoms with Crippen LogP contribution in [0.2, 0.25) is 0 Å². The highest BCUT2D eigenvalue weighted by molar-refractivity contribution is 8.01. The Morgan fingerprint density at radius 2 is 2.04 bits per heavy atom. The van der Waals surface area contributed by atoms with Crippen LogP contribution >= 0.6 is 24.0 Å². The second-order valence-corrected chi connectivity index (χ2v) is 8.24. The standard InChI is InChI=1S/C20H25N3O2S2/c1-4-12-27-20(2)11-10-16(21)17(22-18(26)23-19(24)25-3)15(20)13-14-8-6-5-7-9-14/h5-11,21H,4,12-13H2,1-3H3,(H2,22,23,24,26). The van der Waals surface area contributed by atoms with Crippen molar-refractivity contribution in [3.63, 3.8) is 0 Å². The first-order valence-corrected chi connectivity index (χ1v) is 10.1. The summed E-state index contributed by atoms with van der Waals surface area (Å²) < 4.78 is 4.32. The topological polar surface area (TPSA) is 74.2 Å². The van der Waals surface area contributed by atoms with Gasteiger partial charge in [0.2, 0.25) is 0 Å². The Morgan fingerprint density at radius 1 is 1.33 bits per heavy atom. The summed E-state index contributed by atoms with van der Waals surface area (Å²) in [6, 6.07) is 10.1. The number of rotatable bonds is 6. The van der Waals surface area contributed by atoms with Crippen molar-refractivity contribution < 1.29 is 9.53 Å². The number of carbonyl (C=O) groups excluding carboxylic acids is 1. The van der Waals surface area contributed by atoms with Crippen molar-refractivity contribution in [1.82, 2.24) is 10.6 Å². The molecule has 0 aliphatic heterocycles. The zero-order chi connectivity index (χ0) is 19.9. The maximum Gasteiger partial charge on any atom is 0.413 e. The van der Waals surface area contributed by atoms with E-state index in [2.05, 4.69) is 47.4 Å². The smallest absolute Gasteiger partial charge is 0.413 e. The van der Waals surface area contributed by atoms with Gasteiger partial charge >= 0.3 is 6.09 Å². The molecule has 2 rings (SSSR count). The number of hydrogen-bond acceptors (Lipinski definition) is 5. The van der Waals surface area contributed by atoms with Gasteiger partial charge in [-0.2, -0.15) is 0 Å². The fourth-order valence-electron chi connectivity index (χ4n) is 2.78. The molecule has 27 heavy (non-hydrogen) atoms. The van der Waals surface area contributed by atoms with Gasteiger partial charge in [0.25, 0.3) is 0 Å². The SMILES string of the molecule is CCCSC1(C)C=CC(=N)C(NC(=S)NC(=O)OC)=C1Cc1ccccc1. The molecule has 1 unspecified atom stereocenters. The van der Waals surface area contributed by atoms with E-state index in [0.717, 1.165) is 23.3 Å². The van der Waals surface area contributed by atoms with E-state index in [1.807, 2.05) is 30.0 Å². The average molecular weight is 404 g/mol. The molecule has 144 valence electrons. The molecular weight excluding hydrogens is 378 g/mol. The van der Waals surface area contributed by atoms with E-state index in [-0.39, 0.29) is 9.86 Å². The Kier molecular flexibility index (Phi) is 7.62. The van der Waals surface area contributed by atoms with Crippen LogP contribution in [0.3, 0.4) is 0 Å². The third kappa shape index (κ3) is 5.68. The van der Waals surface area contributed by atoms with Crippen LogP contribution in [0, 0.1) is 5.41 Å². The quantitative estimate of drug-likeness (QED) is 0.621. The number of carbonyl (C=O) groups is 1. The molecule has 0 radical (unpaired) electrons. The number of amides is 1. The highest BCUT2D eigenvalue weighted by Gasteiger charge is 2.33. The number of allylic oxidation sites excluding steroid dienone is 1. The molecule has 1 amide bonds. The summed E-state index contributed by atoms with van der Waals surface area (Å²) in [5, 5.41) is 14.0. The zero-order valence-corrected chi connectivity index (χ0v) is 17.4. The molecular formula is C20H25N3O2S2. The normalized spacial score (nSPS) is 19.0. The van der Waals surface area contributed by atoms with Crippen molar-refractivity contribution in [3.8, 4) is 0 Å². The van der Waals surface area contributed by atoms with Crippen LogP contribution in [0.4, 0.5) is 4.79 Å². The summed E-state index contributed by atoms with van der Waals surface area (Å²) in [4.78, 5) is 11.4. The molecule has 5 nitrogen and oxygen atoms in total. The minimum absolute atomic E-state index is 0.116. The van der Waals surface area contributed by atoms with E-state index in [4.69, 9.17) is 17.6 Å². The molecule has 0 bridgehead atoms. The number of alkyl carbamates (subject to hydrolysis) is 1. The largest absolute Gasteiger partial charge is 0.453 e. The molecule has 0 saturated carbocycles. The van der Waals surface area contributed by atoms with Gasteiger partial charge in [0.05, 0.1) is 23.3 Å². The zero-order valence-electron chi connectivity index (χ0n) is 15.8. The van der Waals surface area contributed by atoms with Crippen molar-refractivity contribution in [1.29, 1.82) is 5.41 Å².